The summed E-state index contributed by atoms with van der Waals surface area (Å²) in [5.74, 6) is 1.17. The summed E-state index contributed by atoms with van der Waals surface area (Å²) in [7, 11) is 1.27. The van der Waals surface area contributed by atoms with Crippen molar-refractivity contribution in [3.8, 4) is 17.5 Å². The normalized spacial score (nSPS) is 14.8. The molecule has 9 nitrogen and oxygen atoms in total. The van der Waals surface area contributed by atoms with Crippen LogP contribution in [0.4, 0.5) is 5.82 Å². The molecule has 2 aromatic carbocycles. The van der Waals surface area contributed by atoms with Crippen molar-refractivity contribution >= 4 is 38.8 Å². The number of rotatable bonds is 7. The van der Waals surface area contributed by atoms with Gasteiger partial charge >= 0.3 is 5.97 Å². The van der Waals surface area contributed by atoms with Crippen LogP contribution in [0, 0.1) is 17.2 Å². The van der Waals surface area contributed by atoms with Crippen LogP contribution < -0.4 is 10.2 Å². The predicted molar refractivity (Wildman–Crippen MR) is 145 cm³/mol. The van der Waals surface area contributed by atoms with Gasteiger partial charge in [-0.15, -0.1) is 0 Å². The monoisotopic (exact) mass is 575 g/mol. The van der Waals surface area contributed by atoms with E-state index in [1.807, 2.05) is 36.5 Å². The average molecular weight is 576 g/mol. The van der Waals surface area contributed by atoms with Gasteiger partial charge in [-0.2, -0.15) is 5.26 Å². The van der Waals surface area contributed by atoms with Crippen LogP contribution >= 0.6 is 15.9 Å². The van der Waals surface area contributed by atoms with E-state index in [0.717, 1.165) is 41.8 Å². The molecule has 0 aliphatic carbocycles. The molecule has 0 amide bonds. The van der Waals surface area contributed by atoms with Gasteiger partial charge in [0.15, 0.2) is 5.58 Å². The van der Waals surface area contributed by atoms with Gasteiger partial charge in [-0.05, 0) is 76.7 Å². The Morgan fingerprint density at radius 3 is 2.68 bits per heavy atom. The van der Waals surface area contributed by atoms with Gasteiger partial charge in [-0.1, -0.05) is 12.1 Å². The highest BCUT2D eigenvalue weighted by Crippen LogP contribution is 2.29. The highest BCUT2D eigenvalue weighted by atomic mass is 79.9. The molecular weight excluding hydrogens is 550 g/mol. The maximum atomic E-state index is 12.2. The zero-order valence-corrected chi connectivity index (χ0v) is 22.3. The second-order valence-electron chi connectivity index (χ2n) is 9.19. The van der Waals surface area contributed by atoms with E-state index >= 15 is 0 Å². The third-order valence-electron chi connectivity index (χ3n) is 6.75. The summed E-state index contributed by atoms with van der Waals surface area (Å²) in [4.78, 5) is 23.4. The van der Waals surface area contributed by atoms with Crippen LogP contribution in [0.1, 0.15) is 40.6 Å². The number of carbonyl (C=O) groups excluding carboxylic acids is 1. The van der Waals surface area contributed by atoms with Crippen molar-refractivity contribution in [2.24, 2.45) is 5.92 Å². The lowest BCUT2D eigenvalue weighted by molar-refractivity contribution is 0.0601. The smallest absolute Gasteiger partial charge is 0.341 e. The van der Waals surface area contributed by atoms with Crippen LogP contribution in [-0.4, -0.2) is 47.8 Å². The molecule has 194 valence electrons. The zero-order valence-electron chi connectivity index (χ0n) is 20.7. The second-order valence-corrected chi connectivity index (χ2v) is 10.1. The Labute approximate surface area is 228 Å². The molecule has 1 atom stereocenters. The number of carbonyl (C=O) groups is 1. The number of benzene rings is 2. The fourth-order valence-corrected chi connectivity index (χ4v) is 4.84. The highest BCUT2D eigenvalue weighted by molar-refractivity contribution is 9.10. The molecule has 0 saturated carbocycles. The molecule has 10 heteroatoms. The third kappa shape index (κ3) is 5.55. The van der Waals surface area contributed by atoms with Crippen molar-refractivity contribution < 1.29 is 19.1 Å². The number of methoxy groups -OCH3 is 1. The largest absolute Gasteiger partial charge is 0.465 e. The SMILES string of the molecule is COC(=O)c1cc(C#N)cc2nc(-c3ccc(C(O)NCC4CCN(c5ccc(Br)cn5)CC4)cc3)oc12. The summed E-state index contributed by atoms with van der Waals surface area (Å²) in [6, 6.07) is 16.3. The number of nitriles is 1. The number of anilines is 1. The maximum absolute atomic E-state index is 12.2. The van der Waals surface area contributed by atoms with Crippen molar-refractivity contribution in [2.75, 3.05) is 31.6 Å². The van der Waals surface area contributed by atoms with Crippen molar-refractivity contribution in [3.05, 3.63) is 75.9 Å². The number of ether oxygens (including phenoxy) is 1. The van der Waals surface area contributed by atoms with Crippen LogP contribution in [0.2, 0.25) is 0 Å². The topological polar surface area (TPSA) is 125 Å². The van der Waals surface area contributed by atoms with Gasteiger partial charge in [0.25, 0.3) is 0 Å². The molecule has 1 unspecified atom stereocenters. The molecular formula is C28H26BrN5O4. The Morgan fingerprint density at radius 2 is 2.03 bits per heavy atom. The van der Waals surface area contributed by atoms with Crippen molar-refractivity contribution in [1.82, 2.24) is 15.3 Å². The number of pyridine rings is 1. The Balaban J connectivity index is 1.20. The quantitative estimate of drug-likeness (QED) is 0.236. The van der Waals surface area contributed by atoms with E-state index in [9.17, 15) is 15.2 Å². The zero-order chi connectivity index (χ0) is 26.6. The summed E-state index contributed by atoms with van der Waals surface area (Å²) < 4.78 is 11.7. The van der Waals surface area contributed by atoms with Crippen molar-refractivity contribution in [1.29, 1.82) is 5.26 Å². The highest BCUT2D eigenvalue weighted by Gasteiger charge is 2.22. The lowest BCUT2D eigenvalue weighted by atomic mass is 9.96. The molecule has 1 fully saturated rings. The first kappa shape index (κ1) is 25.9. The summed E-state index contributed by atoms with van der Waals surface area (Å²) in [5.41, 5.74) is 2.50. The maximum Gasteiger partial charge on any atom is 0.341 e. The number of aliphatic hydroxyl groups is 1. The number of hydrogen-bond donors (Lipinski definition) is 2. The molecule has 1 aliphatic heterocycles. The Bertz CT molecular complexity index is 1470. The molecule has 0 spiro atoms. The second kappa shape index (κ2) is 11.3. The molecule has 1 aliphatic rings. The third-order valence-corrected chi connectivity index (χ3v) is 7.22. The molecule has 2 aromatic heterocycles. The van der Waals surface area contributed by atoms with Crippen molar-refractivity contribution in [2.45, 2.75) is 19.1 Å². The number of piperidine rings is 1. The van der Waals surface area contributed by atoms with Crippen LogP contribution in [0.5, 0.6) is 0 Å². The van der Waals surface area contributed by atoms with Gasteiger partial charge in [-0.25, -0.2) is 14.8 Å². The Kier molecular flexibility index (Phi) is 7.69. The summed E-state index contributed by atoms with van der Waals surface area (Å²) >= 11 is 3.42. The summed E-state index contributed by atoms with van der Waals surface area (Å²) in [5, 5.41) is 23.2. The van der Waals surface area contributed by atoms with Crippen LogP contribution in [0.25, 0.3) is 22.6 Å². The van der Waals surface area contributed by atoms with E-state index in [2.05, 4.69) is 36.1 Å². The minimum absolute atomic E-state index is 0.149. The van der Waals surface area contributed by atoms with Crippen LogP contribution in [-0.2, 0) is 4.74 Å². The molecule has 3 heterocycles. The number of aliphatic hydroxyl groups excluding tert-OH is 1. The Hall–Kier alpha value is -3.78. The number of oxazole rings is 1. The van der Waals surface area contributed by atoms with Gasteiger partial charge in [0.2, 0.25) is 5.89 Å². The van der Waals surface area contributed by atoms with E-state index in [1.165, 1.54) is 13.2 Å². The number of hydrogen-bond acceptors (Lipinski definition) is 9. The fourth-order valence-electron chi connectivity index (χ4n) is 4.61. The number of halogens is 1. The average Bonchev–Trinajstić information content (AvgIpc) is 3.40. The van der Waals surface area contributed by atoms with Crippen LogP contribution in [0.3, 0.4) is 0 Å². The summed E-state index contributed by atoms with van der Waals surface area (Å²) in [6.07, 6.45) is 3.06. The minimum atomic E-state index is -0.803. The van der Waals surface area contributed by atoms with E-state index < -0.39 is 12.2 Å². The van der Waals surface area contributed by atoms with E-state index in [1.54, 1.807) is 18.2 Å². The number of aromatic nitrogens is 2. The molecule has 5 rings (SSSR count). The molecule has 0 radical (unpaired) electrons. The lowest BCUT2D eigenvalue weighted by Crippen LogP contribution is -2.38. The first-order chi connectivity index (χ1) is 18.4. The van der Waals surface area contributed by atoms with E-state index in [0.29, 0.717) is 29.4 Å². The van der Waals surface area contributed by atoms with E-state index in [4.69, 9.17) is 9.15 Å². The summed E-state index contributed by atoms with van der Waals surface area (Å²) in [6.45, 7) is 2.58. The molecule has 4 aromatic rings. The number of esters is 1. The van der Waals surface area contributed by atoms with Crippen molar-refractivity contribution in [3.63, 3.8) is 0 Å². The first-order valence-electron chi connectivity index (χ1n) is 12.3. The van der Waals surface area contributed by atoms with Gasteiger partial charge in [0.1, 0.15) is 23.1 Å². The Morgan fingerprint density at radius 1 is 1.26 bits per heavy atom. The van der Waals surface area contributed by atoms with Crippen LogP contribution in [0.15, 0.2) is 63.6 Å². The standard InChI is InChI=1S/C28H26BrN5O4/c1-37-28(36)22-12-18(14-30)13-23-25(22)38-27(33-23)20-4-2-19(3-5-20)26(35)32-15-17-8-10-34(11-9-17)24-7-6-21(29)16-31-24/h2-7,12-13,16-17,26,32,35H,8-11,15H2,1H3. The number of nitrogens with one attached hydrogen (secondary N) is 1. The van der Waals surface area contributed by atoms with Gasteiger partial charge in [0, 0.05) is 35.9 Å². The minimum Gasteiger partial charge on any atom is -0.465 e. The van der Waals surface area contributed by atoms with Gasteiger partial charge in [0.05, 0.1) is 18.7 Å². The molecule has 1 saturated heterocycles. The number of fused-ring (bicyclic) bond motifs is 1. The lowest BCUT2D eigenvalue weighted by Gasteiger charge is -2.33. The molecule has 2 N–H and O–H groups in total. The van der Waals surface area contributed by atoms with Gasteiger partial charge in [-0.3, -0.25) is 5.32 Å². The first-order valence-corrected chi connectivity index (χ1v) is 13.1. The predicted octanol–water partition coefficient (Wildman–Crippen LogP) is 4.81. The van der Waals surface area contributed by atoms with E-state index in [-0.39, 0.29) is 16.7 Å². The van der Waals surface area contributed by atoms with Gasteiger partial charge < -0.3 is 19.2 Å². The number of nitrogens with zero attached hydrogens (tertiary/aromatic N) is 4. The molecule has 38 heavy (non-hydrogen) atoms. The fraction of sp³-hybridized carbons (Fsp3) is 0.286. The molecule has 0 bridgehead atoms.